The van der Waals surface area contributed by atoms with Crippen LogP contribution in [0.15, 0.2) is 29.2 Å². The number of H-pyrrole nitrogens is 1. The molecule has 3 N–H and O–H groups in total. The number of hydrogen-bond donors (Lipinski definition) is 2. The molecule has 2 aromatic rings. The van der Waals surface area contributed by atoms with E-state index < -0.39 is 10.0 Å². The normalized spacial score (nSPS) is 18.6. The zero-order valence-electron chi connectivity index (χ0n) is 12.0. The van der Waals surface area contributed by atoms with Crippen LogP contribution in [0.2, 0.25) is 0 Å². The Hall–Kier alpha value is -1.86. The van der Waals surface area contributed by atoms with Gasteiger partial charge in [-0.15, -0.1) is 0 Å². The van der Waals surface area contributed by atoms with Crippen molar-refractivity contribution in [2.24, 2.45) is 5.73 Å². The molecule has 2 heterocycles. The predicted octanol–water partition coefficient (Wildman–Crippen LogP) is 1.11. The van der Waals surface area contributed by atoms with Crippen molar-refractivity contribution in [2.75, 3.05) is 10.8 Å². The summed E-state index contributed by atoms with van der Waals surface area (Å²) in [7, 11) is -3.67. The number of fused-ring (bicyclic) bond motifs is 1. The first-order valence-electron chi connectivity index (χ1n) is 6.79. The average Bonchev–Trinajstić information content (AvgIpc) is 2.77. The van der Waals surface area contributed by atoms with Gasteiger partial charge in [0, 0.05) is 12.6 Å². The number of nitrogens with one attached hydrogen (secondary N) is 1. The lowest BCUT2D eigenvalue weighted by Crippen LogP contribution is -2.46. The SMILES string of the molecule is Cc1n[nH]c(C)c1S(=O)(=O)N1CC(N)Cc2ccccc21. The number of hydrogen-bond acceptors (Lipinski definition) is 4. The van der Waals surface area contributed by atoms with Gasteiger partial charge in [0.25, 0.3) is 10.0 Å². The lowest BCUT2D eigenvalue weighted by atomic mass is 10.0. The fourth-order valence-corrected chi connectivity index (χ4v) is 4.74. The Kier molecular flexibility index (Phi) is 3.26. The molecule has 0 saturated heterocycles. The molecule has 1 atom stereocenters. The number of aryl methyl sites for hydroxylation is 2. The fraction of sp³-hybridized carbons (Fsp3) is 0.357. The molecule has 1 unspecified atom stereocenters. The van der Waals surface area contributed by atoms with Crippen LogP contribution in [0.25, 0.3) is 0 Å². The first-order chi connectivity index (χ1) is 9.91. The largest absolute Gasteiger partial charge is 0.326 e. The van der Waals surface area contributed by atoms with Crippen molar-refractivity contribution >= 4 is 15.7 Å². The van der Waals surface area contributed by atoms with Gasteiger partial charge in [-0.2, -0.15) is 5.10 Å². The monoisotopic (exact) mass is 306 g/mol. The van der Waals surface area contributed by atoms with Crippen molar-refractivity contribution < 1.29 is 8.42 Å². The second-order valence-corrected chi connectivity index (χ2v) is 7.19. The summed E-state index contributed by atoms with van der Waals surface area (Å²) in [4.78, 5) is 0.242. The van der Waals surface area contributed by atoms with Gasteiger partial charge in [-0.05, 0) is 31.9 Å². The van der Waals surface area contributed by atoms with Gasteiger partial charge in [-0.1, -0.05) is 18.2 Å². The average molecular weight is 306 g/mol. The van der Waals surface area contributed by atoms with E-state index in [1.807, 2.05) is 24.3 Å². The molecule has 0 fully saturated rings. The number of aromatic nitrogens is 2. The highest BCUT2D eigenvalue weighted by atomic mass is 32.2. The summed E-state index contributed by atoms with van der Waals surface area (Å²) in [5.41, 5.74) is 8.72. The molecular weight excluding hydrogens is 288 g/mol. The van der Waals surface area contributed by atoms with Gasteiger partial charge in [-0.25, -0.2) is 8.42 Å². The number of nitrogens with two attached hydrogens (primary N) is 1. The minimum atomic E-state index is -3.67. The summed E-state index contributed by atoms with van der Waals surface area (Å²) >= 11 is 0. The Balaban J connectivity index is 2.16. The highest BCUT2D eigenvalue weighted by molar-refractivity contribution is 7.93. The smallest absolute Gasteiger partial charge is 0.268 e. The molecule has 3 rings (SSSR count). The first kappa shape index (κ1) is 14.1. The van der Waals surface area contributed by atoms with Crippen molar-refractivity contribution in [2.45, 2.75) is 31.2 Å². The van der Waals surface area contributed by atoms with E-state index in [4.69, 9.17) is 5.73 Å². The molecular formula is C14H18N4O2S. The molecule has 1 aromatic heterocycles. The molecule has 7 heteroatoms. The number of sulfonamides is 1. The quantitative estimate of drug-likeness (QED) is 0.869. The van der Waals surface area contributed by atoms with Crippen LogP contribution in [0.5, 0.6) is 0 Å². The van der Waals surface area contributed by atoms with Crippen LogP contribution in [0.3, 0.4) is 0 Å². The fourth-order valence-electron chi connectivity index (χ4n) is 2.84. The molecule has 0 radical (unpaired) electrons. The maximum absolute atomic E-state index is 13.0. The van der Waals surface area contributed by atoms with E-state index >= 15 is 0 Å². The number of rotatable bonds is 2. The minimum absolute atomic E-state index is 0.206. The molecule has 0 aliphatic carbocycles. The highest BCUT2D eigenvalue weighted by Gasteiger charge is 2.34. The standard InChI is InChI=1S/C14H18N4O2S/c1-9-14(10(2)17-16-9)21(19,20)18-8-12(15)7-11-5-3-4-6-13(11)18/h3-6,12H,7-8,15H2,1-2H3,(H,16,17). The topological polar surface area (TPSA) is 92.1 Å². The summed E-state index contributed by atoms with van der Waals surface area (Å²) < 4.78 is 27.4. The number of aromatic amines is 1. The van der Waals surface area contributed by atoms with E-state index in [2.05, 4.69) is 10.2 Å². The zero-order chi connectivity index (χ0) is 15.2. The molecule has 112 valence electrons. The molecule has 1 aliphatic heterocycles. The van der Waals surface area contributed by atoms with Gasteiger partial charge >= 0.3 is 0 Å². The van der Waals surface area contributed by atoms with E-state index in [0.29, 0.717) is 23.5 Å². The number of nitrogens with zero attached hydrogens (tertiary/aromatic N) is 2. The maximum Gasteiger partial charge on any atom is 0.268 e. The molecule has 0 amide bonds. The molecule has 1 aliphatic rings. The van der Waals surface area contributed by atoms with Crippen LogP contribution < -0.4 is 10.0 Å². The minimum Gasteiger partial charge on any atom is -0.326 e. The van der Waals surface area contributed by atoms with Crippen LogP contribution in [-0.2, 0) is 16.4 Å². The lowest BCUT2D eigenvalue weighted by Gasteiger charge is -2.33. The zero-order valence-corrected chi connectivity index (χ0v) is 12.8. The Labute approximate surface area is 124 Å². The third-order valence-corrected chi connectivity index (χ3v) is 5.79. The summed E-state index contributed by atoms with van der Waals surface area (Å²) in [5, 5.41) is 6.72. The third kappa shape index (κ3) is 2.22. The van der Waals surface area contributed by atoms with E-state index in [1.54, 1.807) is 13.8 Å². The van der Waals surface area contributed by atoms with E-state index in [0.717, 1.165) is 5.56 Å². The Morgan fingerprint density at radius 3 is 2.71 bits per heavy atom. The summed E-state index contributed by atoms with van der Waals surface area (Å²) in [6.07, 6.45) is 0.686. The van der Waals surface area contributed by atoms with Crippen LogP contribution in [0, 0.1) is 13.8 Å². The van der Waals surface area contributed by atoms with E-state index in [9.17, 15) is 8.42 Å². The Morgan fingerprint density at radius 1 is 1.33 bits per heavy atom. The van der Waals surface area contributed by atoms with Crippen LogP contribution >= 0.6 is 0 Å². The highest BCUT2D eigenvalue weighted by Crippen LogP contribution is 2.32. The molecule has 0 bridgehead atoms. The van der Waals surface area contributed by atoms with Crippen LogP contribution in [0.1, 0.15) is 17.0 Å². The second-order valence-electron chi connectivity index (χ2n) is 5.39. The molecule has 1 aromatic carbocycles. The second kappa shape index (κ2) is 4.85. The summed E-state index contributed by atoms with van der Waals surface area (Å²) in [6, 6.07) is 7.28. The van der Waals surface area contributed by atoms with E-state index in [1.165, 1.54) is 4.31 Å². The Bertz CT molecular complexity index is 763. The lowest BCUT2D eigenvalue weighted by molar-refractivity contribution is 0.574. The van der Waals surface area contributed by atoms with Crippen LogP contribution in [-0.4, -0.2) is 31.2 Å². The molecule has 0 spiro atoms. The predicted molar refractivity (Wildman–Crippen MR) is 80.7 cm³/mol. The van der Waals surface area contributed by atoms with Crippen LogP contribution in [0.4, 0.5) is 5.69 Å². The third-order valence-electron chi connectivity index (χ3n) is 3.75. The van der Waals surface area contributed by atoms with Gasteiger partial charge in [0.05, 0.1) is 17.1 Å². The first-order valence-corrected chi connectivity index (χ1v) is 8.23. The van der Waals surface area contributed by atoms with Crippen molar-refractivity contribution in [3.63, 3.8) is 0 Å². The molecule has 0 saturated carbocycles. The van der Waals surface area contributed by atoms with Gasteiger partial charge in [0.2, 0.25) is 0 Å². The molecule has 21 heavy (non-hydrogen) atoms. The van der Waals surface area contributed by atoms with Crippen molar-refractivity contribution in [1.29, 1.82) is 0 Å². The van der Waals surface area contributed by atoms with Gasteiger partial charge in [0.15, 0.2) is 0 Å². The summed E-state index contributed by atoms with van der Waals surface area (Å²) in [5.74, 6) is 0. The maximum atomic E-state index is 13.0. The molecule has 6 nitrogen and oxygen atoms in total. The van der Waals surface area contributed by atoms with Crippen molar-refractivity contribution in [1.82, 2.24) is 10.2 Å². The van der Waals surface area contributed by atoms with Crippen molar-refractivity contribution in [3.8, 4) is 0 Å². The van der Waals surface area contributed by atoms with Gasteiger partial charge in [0.1, 0.15) is 4.90 Å². The van der Waals surface area contributed by atoms with Crippen molar-refractivity contribution in [3.05, 3.63) is 41.2 Å². The summed E-state index contributed by atoms with van der Waals surface area (Å²) in [6.45, 7) is 3.68. The van der Waals surface area contributed by atoms with E-state index in [-0.39, 0.29) is 17.5 Å². The number of anilines is 1. The van der Waals surface area contributed by atoms with Gasteiger partial charge in [-0.3, -0.25) is 9.40 Å². The number of para-hydroxylation sites is 1. The Morgan fingerprint density at radius 2 is 2.05 bits per heavy atom. The van der Waals surface area contributed by atoms with Gasteiger partial charge < -0.3 is 5.73 Å². The number of benzene rings is 1.